The SMILES string of the molecule is CN=C(NCCc1cn2cccc(C)c2n1)NC(C)Cc1ccc(C)s1. The van der Waals surface area contributed by atoms with E-state index in [0.717, 1.165) is 36.7 Å². The molecular weight excluding hydrogens is 342 g/mol. The van der Waals surface area contributed by atoms with Gasteiger partial charge in [0.15, 0.2) is 5.96 Å². The van der Waals surface area contributed by atoms with Crippen LogP contribution in [0.15, 0.2) is 41.7 Å². The number of hydrogen-bond acceptors (Lipinski definition) is 3. The molecule has 0 amide bonds. The normalized spacial score (nSPS) is 13.2. The van der Waals surface area contributed by atoms with Crippen LogP contribution in [0.25, 0.3) is 5.65 Å². The Kier molecular flexibility index (Phi) is 5.93. The van der Waals surface area contributed by atoms with Crippen LogP contribution in [0.4, 0.5) is 0 Å². The van der Waals surface area contributed by atoms with Gasteiger partial charge in [-0.2, -0.15) is 0 Å². The quantitative estimate of drug-likeness (QED) is 0.517. The fourth-order valence-electron chi connectivity index (χ4n) is 3.01. The second-order valence-electron chi connectivity index (χ2n) is 6.67. The number of imidazole rings is 1. The number of guanidine groups is 1. The number of fused-ring (bicyclic) bond motifs is 1. The fourth-order valence-corrected chi connectivity index (χ4v) is 4.03. The van der Waals surface area contributed by atoms with Gasteiger partial charge in [-0.1, -0.05) is 6.07 Å². The van der Waals surface area contributed by atoms with Crippen molar-refractivity contribution in [2.75, 3.05) is 13.6 Å². The lowest BCUT2D eigenvalue weighted by Gasteiger charge is -2.17. The number of rotatable bonds is 6. The third kappa shape index (κ3) is 4.64. The number of aliphatic imine (C=N–C) groups is 1. The van der Waals surface area contributed by atoms with Crippen molar-refractivity contribution in [3.05, 3.63) is 57.7 Å². The van der Waals surface area contributed by atoms with Crippen molar-refractivity contribution in [3.63, 3.8) is 0 Å². The summed E-state index contributed by atoms with van der Waals surface area (Å²) in [6.45, 7) is 7.22. The molecule has 0 saturated carbocycles. The Bertz CT molecular complexity index is 893. The molecule has 3 aromatic heterocycles. The number of nitrogens with zero attached hydrogens (tertiary/aromatic N) is 3. The van der Waals surface area contributed by atoms with E-state index in [1.54, 1.807) is 0 Å². The molecule has 26 heavy (non-hydrogen) atoms. The van der Waals surface area contributed by atoms with Gasteiger partial charge < -0.3 is 15.0 Å². The number of aryl methyl sites for hydroxylation is 2. The summed E-state index contributed by atoms with van der Waals surface area (Å²) < 4.78 is 2.09. The molecule has 138 valence electrons. The summed E-state index contributed by atoms with van der Waals surface area (Å²) in [5.74, 6) is 0.839. The summed E-state index contributed by atoms with van der Waals surface area (Å²) >= 11 is 1.86. The van der Waals surface area contributed by atoms with Crippen molar-refractivity contribution in [1.29, 1.82) is 0 Å². The van der Waals surface area contributed by atoms with E-state index in [2.05, 4.69) is 65.2 Å². The third-order valence-corrected chi connectivity index (χ3v) is 5.33. The summed E-state index contributed by atoms with van der Waals surface area (Å²) in [4.78, 5) is 11.8. The molecule has 2 N–H and O–H groups in total. The first kappa shape index (κ1) is 18.5. The smallest absolute Gasteiger partial charge is 0.191 e. The van der Waals surface area contributed by atoms with Gasteiger partial charge in [0.05, 0.1) is 5.69 Å². The Balaban J connectivity index is 1.49. The Hall–Kier alpha value is -2.34. The van der Waals surface area contributed by atoms with E-state index in [1.807, 2.05) is 30.6 Å². The molecule has 3 rings (SSSR count). The maximum absolute atomic E-state index is 4.72. The molecule has 0 aliphatic carbocycles. The average molecular weight is 370 g/mol. The van der Waals surface area contributed by atoms with Crippen LogP contribution in [-0.4, -0.2) is 35.0 Å². The maximum atomic E-state index is 4.72. The highest BCUT2D eigenvalue weighted by Gasteiger charge is 2.08. The van der Waals surface area contributed by atoms with E-state index in [0.29, 0.717) is 6.04 Å². The Morgan fingerprint density at radius 1 is 1.31 bits per heavy atom. The molecule has 6 heteroatoms. The first-order chi connectivity index (χ1) is 12.5. The number of pyridine rings is 1. The summed E-state index contributed by atoms with van der Waals surface area (Å²) in [5, 5.41) is 6.86. The molecule has 0 saturated heterocycles. The van der Waals surface area contributed by atoms with E-state index in [1.165, 1.54) is 15.3 Å². The zero-order chi connectivity index (χ0) is 18.5. The van der Waals surface area contributed by atoms with E-state index in [4.69, 9.17) is 4.98 Å². The maximum Gasteiger partial charge on any atom is 0.191 e. The lowest BCUT2D eigenvalue weighted by Crippen LogP contribution is -2.43. The van der Waals surface area contributed by atoms with Crippen molar-refractivity contribution in [2.45, 2.75) is 39.7 Å². The number of thiophene rings is 1. The minimum atomic E-state index is 0.331. The van der Waals surface area contributed by atoms with Crippen molar-refractivity contribution in [2.24, 2.45) is 4.99 Å². The zero-order valence-electron chi connectivity index (χ0n) is 15.9. The van der Waals surface area contributed by atoms with Gasteiger partial charge in [0, 0.05) is 54.6 Å². The van der Waals surface area contributed by atoms with Crippen LogP contribution in [0, 0.1) is 13.8 Å². The van der Waals surface area contributed by atoms with Crippen LogP contribution in [0.2, 0.25) is 0 Å². The first-order valence-corrected chi connectivity index (χ1v) is 9.82. The minimum Gasteiger partial charge on any atom is -0.356 e. The van der Waals surface area contributed by atoms with Crippen LogP contribution in [0.3, 0.4) is 0 Å². The van der Waals surface area contributed by atoms with Crippen LogP contribution < -0.4 is 10.6 Å². The molecule has 0 aliphatic rings. The van der Waals surface area contributed by atoms with Gasteiger partial charge in [-0.25, -0.2) is 4.98 Å². The standard InChI is InChI=1S/C20H27N5S/c1-14-6-5-11-25-13-17(24-19(14)25)9-10-22-20(21-4)23-15(2)12-18-8-7-16(3)26-18/h5-8,11,13,15H,9-10,12H2,1-4H3,(H2,21,22,23). The Morgan fingerprint density at radius 3 is 2.85 bits per heavy atom. The Labute approximate surface area is 159 Å². The van der Waals surface area contributed by atoms with Gasteiger partial charge in [-0.05, 0) is 44.5 Å². The third-order valence-electron chi connectivity index (χ3n) is 4.31. The molecule has 0 aromatic carbocycles. The topological polar surface area (TPSA) is 53.7 Å². The molecular formula is C20H27N5S. The lowest BCUT2D eigenvalue weighted by molar-refractivity contribution is 0.644. The molecule has 0 fully saturated rings. The second kappa shape index (κ2) is 8.36. The molecule has 0 spiro atoms. The van der Waals surface area contributed by atoms with Crippen molar-refractivity contribution < 1.29 is 0 Å². The van der Waals surface area contributed by atoms with Gasteiger partial charge in [0.2, 0.25) is 0 Å². The molecule has 0 aliphatic heterocycles. The molecule has 3 heterocycles. The van der Waals surface area contributed by atoms with E-state index >= 15 is 0 Å². The highest BCUT2D eigenvalue weighted by Crippen LogP contribution is 2.16. The van der Waals surface area contributed by atoms with Gasteiger partial charge in [0.25, 0.3) is 0 Å². The molecule has 0 radical (unpaired) electrons. The van der Waals surface area contributed by atoms with Gasteiger partial charge >= 0.3 is 0 Å². The van der Waals surface area contributed by atoms with E-state index in [9.17, 15) is 0 Å². The number of hydrogen-bond donors (Lipinski definition) is 2. The van der Waals surface area contributed by atoms with Gasteiger partial charge in [0.1, 0.15) is 5.65 Å². The van der Waals surface area contributed by atoms with Gasteiger partial charge in [-0.15, -0.1) is 11.3 Å². The molecule has 3 aromatic rings. The van der Waals surface area contributed by atoms with Crippen LogP contribution in [0.5, 0.6) is 0 Å². The first-order valence-electron chi connectivity index (χ1n) is 9.01. The van der Waals surface area contributed by atoms with Crippen LogP contribution in [-0.2, 0) is 12.8 Å². The summed E-state index contributed by atoms with van der Waals surface area (Å²) in [6.07, 6.45) is 6.01. The van der Waals surface area contributed by atoms with E-state index in [-0.39, 0.29) is 0 Å². The predicted octanol–water partition coefficient (Wildman–Crippen LogP) is 3.35. The highest BCUT2D eigenvalue weighted by molar-refractivity contribution is 7.11. The van der Waals surface area contributed by atoms with Crippen molar-refractivity contribution in [1.82, 2.24) is 20.0 Å². The average Bonchev–Trinajstić information content (AvgIpc) is 3.20. The fraction of sp³-hybridized carbons (Fsp3) is 0.400. The molecule has 1 atom stereocenters. The number of aromatic nitrogens is 2. The van der Waals surface area contributed by atoms with Crippen LogP contribution in [0.1, 0.15) is 27.9 Å². The monoisotopic (exact) mass is 369 g/mol. The summed E-state index contributed by atoms with van der Waals surface area (Å²) in [7, 11) is 1.81. The lowest BCUT2D eigenvalue weighted by atomic mass is 10.2. The van der Waals surface area contributed by atoms with Gasteiger partial charge in [-0.3, -0.25) is 4.99 Å². The highest BCUT2D eigenvalue weighted by atomic mass is 32.1. The van der Waals surface area contributed by atoms with E-state index < -0.39 is 0 Å². The molecule has 0 bridgehead atoms. The largest absolute Gasteiger partial charge is 0.356 e. The van der Waals surface area contributed by atoms with Crippen molar-refractivity contribution in [3.8, 4) is 0 Å². The Morgan fingerprint density at radius 2 is 2.15 bits per heavy atom. The van der Waals surface area contributed by atoms with Crippen molar-refractivity contribution >= 4 is 22.9 Å². The predicted molar refractivity (Wildman–Crippen MR) is 110 cm³/mol. The van der Waals surface area contributed by atoms with Crippen LogP contribution >= 0.6 is 11.3 Å². The molecule has 5 nitrogen and oxygen atoms in total. The summed E-state index contributed by atoms with van der Waals surface area (Å²) in [6, 6.07) is 8.86. The second-order valence-corrected chi connectivity index (χ2v) is 8.04. The summed E-state index contributed by atoms with van der Waals surface area (Å²) in [5.41, 5.74) is 3.32. The molecule has 1 unspecified atom stereocenters. The number of nitrogens with one attached hydrogen (secondary N) is 2. The minimum absolute atomic E-state index is 0.331. The zero-order valence-corrected chi connectivity index (χ0v) is 16.7.